The number of methoxy groups -OCH3 is 2. The van der Waals surface area contributed by atoms with E-state index in [0.29, 0.717) is 5.56 Å². The fraction of sp³-hybridized carbons (Fsp3) is 0.308. The van der Waals surface area contributed by atoms with Gasteiger partial charge in [-0.25, -0.2) is 17.9 Å². The van der Waals surface area contributed by atoms with Gasteiger partial charge in [0, 0.05) is 20.3 Å². The highest BCUT2D eigenvalue weighted by molar-refractivity contribution is 7.89. The van der Waals surface area contributed by atoms with Crippen LogP contribution in [0.5, 0.6) is 0 Å². The Labute approximate surface area is 123 Å². The minimum Gasteiger partial charge on any atom is -0.478 e. The first-order valence-electron chi connectivity index (χ1n) is 5.95. The zero-order chi connectivity index (χ0) is 15.9. The monoisotopic (exact) mass is 315 g/mol. The maximum atomic E-state index is 12.0. The number of sulfonamides is 1. The molecule has 1 rings (SSSR count). The second-order valence-electron chi connectivity index (χ2n) is 3.99. The van der Waals surface area contributed by atoms with Crippen molar-refractivity contribution in [3.8, 4) is 0 Å². The van der Waals surface area contributed by atoms with Crippen LogP contribution < -0.4 is 4.72 Å². The lowest BCUT2D eigenvalue weighted by Crippen LogP contribution is -2.34. The summed E-state index contributed by atoms with van der Waals surface area (Å²) in [5.41, 5.74) is 0.586. The van der Waals surface area contributed by atoms with Crippen molar-refractivity contribution >= 4 is 22.1 Å². The summed E-state index contributed by atoms with van der Waals surface area (Å²) in [5, 5.41) is 8.51. The fourth-order valence-electron chi connectivity index (χ4n) is 1.45. The van der Waals surface area contributed by atoms with Crippen LogP contribution in [0.25, 0.3) is 6.08 Å². The van der Waals surface area contributed by atoms with E-state index >= 15 is 0 Å². The van der Waals surface area contributed by atoms with Crippen LogP contribution in [0.2, 0.25) is 0 Å². The van der Waals surface area contributed by atoms with E-state index in [1.807, 2.05) is 0 Å². The molecule has 0 aliphatic carbocycles. The SMILES string of the molecule is COC(CNS(=O)(=O)c1ccc(C=CC(=O)O)cc1)OC. The van der Waals surface area contributed by atoms with Gasteiger partial charge in [-0.3, -0.25) is 0 Å². The number of rotatable bonds is 8. The largest absolute Gasteiger partial charge is 0.478 e. The van der Waals surface area contributed by atoms with E-state index in [4.69, 9.17) is 14.6 Å². The van der Waals surface area contributed by atoms with Gasteiger partial charge in [0.2, 0.25) is 10.0 Å². The topological polar surface area (TPSA) is 102 Å². The maximum absolute atomic E-state index is 12.0. The number of nitrogens with one attached hydrogen (secondary N) is 1. The predicted molar refractivity (Wildman–Crippen MR) is 76.1 cm³/mol. The minimum absolute atomic E-state index is 0.0179. The van der Waals surface area contributed by atoms with Crippen LogP contribution in [-0.4, -0.2) is 46.5 Å². The smallest absolute Gasteiger partial charge is 0.328 e. The third kappa shape index (κ3) is 5.64. The molecule has 0 saturated heterocycles. The van der Waals surface area contributed by atoms with E-state index in [1.54, 1.807) is 0 Å². The first-order valence-corrected chi connectivity index (χ1v) is 7.43. The quantitative estimate of drug-likeness (QED) is 0.540. The molecule has 116 valence electrons. The van der Waals surface area contributed by atoms with Crippen molar-refractivity contribution in [3.05, 3.63) is 35.9 Å². The lowest BCUT2D eigenvalue weighted by atomic mass is 10.2. The van der Waals surface area contributed by atoms with Crippen LogP contribution in [0.15, 0.2) is 35.2 Å². The summed E-state index contributed by atoms with van der Waals surface area (Å²) in [7, 11) is -0.856. The molecule has 1 aromatic rings. The number of aliphatic carboxylic acids is 1. The first kappa shape index (κ1) is 17.3. The van der Waals surface area contributed by atoms with E-state index in [2.05, 4.69) is 4.72 Å². The molecule has 0 bridgehead atoms. The molecule has 0 aliphatic rings. The summed E-state index contributed by atoms with van der Waals surface area (Å²) in [4.78, 5) is 10.5. The molecule has 8 heteroatoms. The van der Waals surface area contributed by atoms with E-state index < -0.39 is 22.3 Å². The van der Waals surface area contributed by atoms with Gasteiger partial charge in [-0.2, -0.15) is 0 Å². The second kappa shape index (κ2) is 7.89. The molecule has 0 heterocycles. The predicted octanol–water partition coefficient (Wildman–Crippen LogP) is 0.682. The summed E-state index contributed by atoms with van der Waals surface area (Å²) in [6, 6.07) is 5.80. The third-order valence-corrected chi connectivity index (χ3v) is 4.01. The Morgan fingerprint density at radius 2 is 1.86 bits per heavy atom. The number of hydrogen-bond acceptors (Lipinski definition) is 5. The molecule has 0 unspecified atom stereocenters. The highest BCUT2D eigenvalue weighted by Gasteiger charge is 2.16. The lowest BCUT2D eigenvalue weighted by molar-refractivity contribution is -0.131. The highest BCUT2D eigenvalue weighted by Crippen LogP contribution is 2.11. The van der Waals surface area contributed by atoms with Gasteiger partial charge in [0.15, 0.2) is 6.29 Å². The number of carboxylic acid groups (broad SMARTS) is 1. The lowest BCUT2D eigenvalue weighted by Gasteiger charge is -2.14. The second-order valence-corrected chi connectivity index (χ2v) is 5.76. The Bertz CT molecular complexity index is 590. The summed E-state index contributed by atoms with van der Waals surface area (Å²) >= 11 is 0. The van der Waals surface area contributed by atoms with Gasteiger partial charge in [-0.05, 0) is 23.8 Å². The summed E-state index contributed by atoms with van der Waals surface area (Å²) in [5.74, 6) is -1.07. The number of hydrogen-bond donors (Lipinski definition) is 2. The highest BCUT2D eigenvalue weighted by atomic mass is 32.2. The molecule has 0 saturated carbocycles. The minimum atomic E-state index is -3.67. The van der Waals surface area contributed by atoms with Crippen LogP contribution in [0.3, 0.4) is 0 Å². The molecule has 0 radical (unpaired) electrons. The molecule has 0 aliphatic heterocycles. The van der Waals surface area contributed by atoms with Gasteiger partial charge in [0.25, 0.3) is 0 Å². The van der Waals surface area contributed by atoms with E-state index in [9.17, 15) is 13.2 Å². The number of ether oxygens (including phenoxy) is 2. The fourth-order valence-corrected chi connectivity index (χ4v) is 2.47. The summed E-state index contributed by atoms with van der Waals surface area (Å²) in [6.07, 6.45) is 1.68. The molecular weight excluding hydrogens is 298 g/mol. The van der Waals surface area contributed by atoms with Gasteiger partial charge in [0.05, 0.1) is 11.4 Å². The molecule has 7 nitrogen and oxygen atoms in total. The third-order valence-electron chi connectivity index (χ3n) is 2.57. The van der Waals surface area contributed by atoms with Gasteiger partial charge in [0.1, 0.15) is 0 Å². The molecule has 0 fully saturated rings. The van der Waals surface area contributed by atoms with Crippen molar-refractivity contribution in [2.24, 2.45) is 0 Å². The van der Waals surface area contributed by atoms with Crippen molar-refractivity contribution < 1.29 is 27.8 Å². The molecule has 0 spiro atoms. The first-order chi connectivity index (χ1) is 9.89. The molecule has 21 heavy (non-hydrogen) atoms. The Morgan fingerprint density at radius 1 is 1.29 bits per heavy atom. The Kier molecular flexibility index (Phi) is 6.50. The van der Waals surface area contributed by atoms with Crippen molar-refractivity contribution in [2.75, 3.05) is 20.8 Å². The molecule has 1 aromatic carbocycles. The Morgan fingerprint density at radius 3 is 2.33 bits per heavy atom. The number of carboxylic acids is 1. The average Bonchev–Trinajstić information content (AvgIpc) is 2.46. The summed E-state index contributed by atoms with van der Waals surface area (Å²) in [6.45, 7) is -0.0179. The van der Waals surface area contributed by atoms with Gasteiger partial charge < -0.3 is 14.6 Å². The molecular formula is C13H17NO6S. The number of carbonyl (C=O) groups is 1. The maximum Gasteiger partial charge on any atom is 0.328 e. The van der Waals surface area contributed by atoms with Crippen LogP contribution in [0.1, 0.15) is 5.56 Å². The van der Waals surface area contributed by atoms with Crippen LogP contribution in [0, 0.1) is 0 Å². The summed E-state index contributed by atoms with van der Waals surface area (Å²) < 4.78 is 36.2. The average molecular weight is 315 g/mol. The standard InChI is InChI=1S/C13H17NO6S/c1-19-13(20-2)9-14-21(17,18)11-6-3-10(4-7-11)5-8-12(15)16/h3-8,13-14H,9H2,1-2H3,(H,15,16). The van der Waals surface area contributed by atoms with Gasteiger partial charge in [-0.1, -0.05) is 12.1 Å². The van der Waals surface area contributed by atoms with Crippen molar-refractivity contribution in [2.45, 2.75) is 11.2 Å². The molecule has 2 N–H and O–H groups in total. The number of benzene rings is 1. The van der Waals surface area contributed by atoms with Gasteiger partial charge >= 0.3 is 5.97 Å². The molecule has 0 aromatic heterocycles. The zero-order valence-corrected chi connectivity index (χ0v) is 12.5. The van der Waals surface area contributed by atoms with Crippen LogP contribution >= 0.6 is 0 Å². The Hall–Kier alpha value is -1.74. The van der Waals surface area contributed by atoms with Crippen LogP contribution in [-0.2, 0) is 24.3 Å². The van der Waals surface area contributed by atoms with E-state index in [0.717, 1.165) is 6.08 Å². The molecule has 0 atom stereocenters. The Balaban J connectivity index is 2.78. The van der Waals surface area contributed by atoms with E-state index in [-0.39, 0.29) is 11.4 Å². The van der Waals surface area contributed by atoms with Gasteiger partial charge in [-0.15, -0.1) is 0 Å². The van der Waals surface area contributed by atoms with Crippen molar-refractivity contribution in [1.82, 2.24) is 4.72 Å². The van der Waals surface area contributed by atoms with E-state index in [1.165, 1.54) is 44.6 Å². The van der Waals surface area contributed by atoms with Crippen molar-refractivity contribution in [1.29, 1.82) is 0 Å². The normalized spacial score (nSPS) is 12.1. The molecule has 0 amide bonds. The zero-order valence-electron chi connectivity index (χ0n) is 11.6. The van der Waals surface area contributed by atoms with Crippen molar-refractivity contribution in [3.63, 3.8) is 0 Å². The van der Waals surface area contributed by atoms with Crippen LogP contribution in [0.4, 0.5) is 0 Å².